The van der Waals surface area contributed by atoms with Crippen molar-refractivity contribution in [3.8, 4) is 11.5 Å². The third-order valence-corrected chi connectivity index (χ3v) is 3.67. The van der Waals surface area contributed by atoms with Gasteiger partial charge < -0.3 is 20.1 Å². The number of benzene rings is 1. The molecule has 0 saturated carbocycles. The smallest absolute Gasteiger partial charge is 0.255 e. The Balaban J connectivity index is 2.15. The van der Waals surface area contributed by atoms with Gasteiger partial charge in [0.25, 0.3) is 5.91 Å². The van der Waals surface area contributed by atoms with Crippen LogP contribution in [-0.2, 0) is 4.79 Å². The third kappa shape index (κ3) is 3.39. The van der Waals surface area contributed by atoms with Gasteiger partial charge in [0.05, 0.1) is 7.11 Å². The number of carbonyl (C=O) groups is 1. The SMILES string of the molecule is COc1cc(C(=S)N2CCCC2)ccc1OCC(N)=O. The molecule has 1 aliphatic heterocycles. The topological polar surface area (TPSA) is 64.8 Å². The zero-order chi connectivity index (χ0) is 14.5. The highest BCUT2D eigenvalue weighted by Gasteiger charge is 2.17. The number of carbonyl (C=O) groups excluding carboxylic acids is 1. The first-order valence-corrected chi connectivity index (χ1v) is 6.91. The maximum absolute atomic E-state index is 10.8. The van der Waals surface area contributed by atoms with Crippen LogP contribution < -0.4 is 15.2 Å². The minimum Gasteiger partial charge on any atom is -0.493 e. The second-order valence-electron chi connectivity index (χ2n) is 4.62. The number of ether oxygens (including phenoxy) is 2. The minimum absolute atomic E-state index is 0.174. The van der Waals surface area contributed by atoms with Gasteiger partial charge in [0.15, 0.2) is 18.1 Å². The zero-order valence-electron chi connectivity index (χ0n) is 11.4. The predicted molar refractivity (Wildman–Crippen MR) is 80.2 cm³/mol. The second kappa shape index (κ2) is 6.56. The quantitative estimate of drug-likeness (QED) is 0.830. The molecule has 0 unspecified atom stereocenters. The normalized spacial score (nSPS) is 14.2. The van der Waals surface area contributed by atoms with Gasteiger partial charge in [0.1, 0.15) is 4.99 Å². The lowest BCUT2D eigenvalue weighted by Crippen LogP contribution is -2.26. The Bertz CT molecular complexity index is 513. The number of methoxy groups -OCH3 is 1. The Morgan fingerprint density at radius 1 is 1.35 bits per heavy atom. The summed E-state index contributed by atoms with van der Waals surface area (Å²) in [5, 5.41) is 0. The van der Waals surface area contributed by atoms with Crippen molar-refractivity contribution in [2.45, 2.75) is 12.8 Å². The van der Waals surface area contributed by atoms with Crippen LogP contribution >= 0.6 is 12.2 Å². The summed E-state index contributed by atoms with van der Waals surface area (Å²) in [7, 11) is 1.55. The molecule has 1 saturated heterocycles. The van der Waals surface area contributed by atoms with Crippen molar-refractivity contribution in [2.24, 2.45) is 5.73 Å². The van der Waals surface area contributed by atoms with E-state index in [0.29, 0.717) is 11.5 Å². The summed E-state index contributed by atoms with van der Waals surface area (Å²) in [6.07, 6.45) is 2.36. The molecule has 1 amide bonds. The standard InChI is InChI=1S/C14H18N2O3S/c1-18-12-8-10(14(20)16-6-2-3-7-16)4-5-11(12)19-9-13(15)17/h4-5,8H,2-3,6-7,9H2,1H3,(H2,15,17). The molecule has 5 nitrogen and oxygen atoms in total. The van der Waals surface area contributed by atoms with Crippen molar-refractivity contribution in [2.75, 3.05) is 26.8 Å². The fraction of sp³-hybridized carbons (Fsp3) is 0.429. The maximum atomic E-state index is 10.8. The van der Waals surface area contributed by atoms with Gasteiger partial charge in [-0.1, -0.05) is 12.2 Å². The number of nitrogens with two attached hydrogens (primary N) is 1. The summed E-state index contributed by atoms with van der Waals surface area (Å²) in [4.78, 5) is 13.8. The van der Waals surface area contributed by atoms with E-state index >= 15 is 0 Å². The first kappa shape index (κ1) is 14.6. The highest BCUT2D eigenvalue weighted by atomic mass is 32.1. The lowest BCUT2D eigenvalue weighted by Gasteiger charge is -2.19. The average Bonchev–Trinajstić information content (AvgIpc) is 2.98. The van der Waals surface area contributed by atoms with E-state index in [1.165, 1.54) is 12.8 Å². The highest BCUT2D eigenvalue weighted by molar-refractivity contribution is 7.80. The van der Waals surface area contributed by atoms with Crippen LogP contribution in [0.15, 0.2) is 18.2 Å². The number of primary amides is 1. The molecule has 0 radical (unpaired) electrons. The van der Waals surface area contributed by atoms with Crippen LogP contribution in [0.5, 0.6) is 11.5 Å². The second-order valence-corrected chi connectivity index (χ2v) is 5.01. The van der Waals surface area contributed by atoms with E-state index < -0.39 is 5.91 Å². The fourth-order valence-corrected chi connectivity index (χ4v) is 2.48. The zero-order valence-corrected chi connectivity index (χ0v) is 12.2. The predicted octanol–water partition coefficient (Wildman–Crippen LogP) is 1.33. The largest absolute Gasteiger partial charge is 0.493 e. The van der Waals surface area contributed by atoms with Gasteiger partial charge in [-0.05, 0) is 31.0 Å². The van der Waals surface area contributed by atoms with Crippen molar-refractivity contribution in [1.29, 1.82) is 0 Å². The number of hydrogen-bond acceptors (Lipinski definition) is 4. The first-order chi connectivity index (χ1) is 9.61. The maximum Gasteiger partial charge on any atom is 0.255 e. The number of amides is 1. The summed E-state index contributed by atoms with van der Waals surface area (Å²) in [6, 6.07) is 5.45. The molecular formula is C14H18N2O3S. The summed E-state index contributed by atoms with van der Waals surface area (Å²) in [5.41, 5.74) is 5.98. The number of rotatable bonds is 5. The van der Waals surface area contributed by atoms with Gasteiger partial charge in [-0.2, -0.15) is 0 Å². The molecule has 1 aliphatic rings. The van der Waals surface area contributed by atoms with E-state index in [0.717, 1.165) is 23.6 Å². The lowest BCUT2D eigenvalue weighted by atomic mass is 10.2. The minimum atomic E-state index is -0.524. The van der Waals surface area contributed by atoms with E-state index in [-0.39, 0.29) is 6.61 Å². The van der Waals surface area contributed by atoms with Crippen LogP contribution in [-0.4, -0.2) is 42.6 Å². The summed E-state index contributed by atoms with van der Waals surface area (Å²) in [6.45, 7) is 1.83. The van der Waals surface area contributed by atoms with Gasteiger partial charge in [0, 0.05) is 18.7 Å². The van der Waals surface area contributed by atoms with E-state index in [1.54, 1.807) is 13.2 Å². The molecule has 2 N–H and O–H groups in total. The summed E-state index contributed by atoms with van der Waals surface area (Å²) in [5.74, 6) is 0.508. The van der Waals surface area contributed by atoms with E-state index in [4.69, 9.17) is 27.4 Å². The van der Waals surface area contributed by atoms with Crippen molar-refractivity contribution >= 4 is 23.1 Å². The van der Waals surface area contributed by atoms with E-state index in [2.05, 4.69) is 4.90 Å². The van der Waals surface area contributed by atoms with Crippen LogP contribution in [0.1, 0.15) is 18.4 Å². The summed E-state index contributed by atoms with van der Waals surface area (Å²) < 4.78 is 10.6. The highest BCUT2D eigenvalue weighted by Crippen LogP contribution is 2.29. The van der Waals surface area contributed by atoms with Crippen LogP contribution in [0.2, 0.25) is 0 Å². The molecule has 0 spiro atoms. The fourth-order valence-electron chi connectivity index (χ4n) is 2.17. The molecule has 0 aromatic heterocycles. The molecular weight excluding hydrogens is 276 g/mol. The molecule has 1 aromatic carbocycles. The molecule has 108 valence electrons. The van der Waals surface area contributed by atoms with Crippen LogP contribution in [0.4, 0.5) is 0 Å². The van der Waals surface area contributed by atoms with Crippen LogP contribution in [0, 0.1) is 0 Å². The number of hydrogen-bond donors (Lipinski definition) is 1. The molecule has 1 fully saturated rings. The number of nitrogens with zero attached hydrogens (tertiary/aromatic N) is 1. The van der Waals surface area contributed by atoms with Crippen molar-refractivity contribution < 1.29 is 14.3 Å². The molecule has 20 heavy (non-hydrogen) atoms. The van der Waals surface area contributed by atoms with Crippen molar-refractivity contribution in [3.63, 3.8) is 0 Å². The lowest BCUT2D eigenvalue weighted by molar-refractivity contribution is -0.119. The van der Waals surface area contributed by atoms with Crippen molar-refractivity contribution in [1.82, 2.24) is 4.90 Å². The molecule has 2 rings (SSSR count). The van der Waals surface area contributed by atoms with Gasteiger partial charge >= 0.3 is 0 Å². The Morgan fingerprint density at radius 2 is 2.05 bits per heavy atom. The van der Waals surface area contributed by atoms with Crippen LogP contribution in [0.3, 0.4) is 0 Å². The molecule has 6 heteroatoms. The Kier molecular flexibility index (Phi) is 4.79. The Labute approximate surface area is 123 Å². The molecule has 0 aliphatic carbocycles. The van der Waals surface area contributed by atoms with Gasteiger partial charge in [-0.25, -0.2) is 0 Å². The third-order valence-electron chi connectivity index (χ3n) is 3.17. The number of thiocarbonyl (C=S) groups is 1. The summed E-state index contributed by atoms with van der Waals surface area (Å²) >= 11 is 5.49. The van der Waals surface area contributed by atoms with Gasteiger partial charge in [-0.3, -0.25) is 4.79 Å². The monoisotopic (exact) mass is 294 g/mol. The Hall–Kier alpha value is -1.82. The van der Waals surface area contributed by atoms with Crippen LogP contribution in [0.25, 0.3) is 0 Å². The van der Waals surface area contributed by atoms with Gasteiger partial charge in [0.2, 0.25) is 0 Å². The van der Waals surface area contributed by atoms with Gasteiger partial charge in [-0.15, -0.1) is 0 Å². The van der Waals surface area contributed by atoms with Crippen molar-refractivity contribution in [3.05, 3.63) is 23.8 Å². The molecule has 0 atom stereocenters. The van der Waals surface area contributed by atoms with E-state index in [1.807, 2.05) is 12.1 Å². The Morgan fingerprint density at radius 3 is 2.65 bits per heavy atom. The number of likely N-dealkylation sites (tertiary alicyclic amines) is 1. The average molecular weight is 294 g/mol. The molecule has 1 heterocycles. The first-order valence-electron chi connectivity index (χ1n) is 6.50. The van der Waals surface area contributed by atoms with E-state index in [9.17, 15) is 4.79 Å². The molecule has 0 bridgehead atoms. The molecule has 1 aromatic rings.